The first kappa shape index (κ1) is 16.5. The zero-order valence-corrected chi connectivity index (χ0v) is 14.2. The van der Waals surface area contributed by atoms with Gasteiger partial charge in [-0.15, -0.1) is 0 Å². The Morgan fingerprint density at radius 3 is 2.48 bits per heavy atom. The zero-order chi connectivity index (χ0) is 15.2. The van der Waals surface area contributed by atoms with Crippen LogP contribution in [0.3, 0.4) is 0 Å². The third-order valence-electron chi connectivity index (χ3n) is 3.86. The van der Waals surface area contributed by atoms with E-state index in [4.69, 9.17) is 4.74 Å². The van der Waals surface area contributed by atoms with Crippen LogP contribution in [0.1, 0.15) is 24.2 Å². The lowest BCUT2D eigenvalue weighted by Crippen LogP contribution is -2.51. The summed E-state index contributed by atoms with van der Waals surface area (Å²) in [5.74, 6) is 0.481. The fourth-order valence-electron chi connectivity index (χ4n) is 2.60. The Morgan fingerprint density at radius 2 is 1.90 bits per heavy atom. The number of halogens is 1. The maximum absolute atomic E-state index is 12.2. The second-order valence-electron chi connectivity index (χ2n) is 5.68. The van der Waals surface area contributed by atoms with Gasteiger partial charge < -0.3 is 10.1 Å². The first-order chi connectivity index (χ1) is 10.1. The van der Waals surface area contributed by atoms with E-state index in [1.165, 1.54) is 0 Å². The van der Waals surface area contributed by atoms with Crippen molar-refractivity contribution in [2.75, 3.05) is 32.8 Å². The lowest BCUT2D eigenvalue weighted by molar-refractivity contribution is 0.00673. The van der Waals surface area contributed by atoms with Crippen LogP contribution in [0.4, 0.5) is 0 Å². The van der Waals surface area contributed by atoms with Crippen LogP contribution in [0.2, 0.25) is 0 Å². The molecule has 0 bridgehead atoms. The number of nitrogens with one attached hydrogen (secondary N) is 1. The van der Waals surface area contributed by atoms with Crippen molar-refractivity contribution in [3.63, 3.8) is 0 Å². The van der Waals surface area contributed by atoms with E-state index in [0.29, 0.717) is 24.1 Å². The number of hydrogen-bond acceptors (Lipinski definition) is 3. The van der Waals surface area contributed by atoms with Crippen molar-refractivity contribution in [1.82, 2.24) is 10.2 Å². The van der Waals surface area contributed by atoms with Crippen LogP contribution < -0.4 is 5.32 Å². The number of morpholine rings is 1. The van der Waals surface area contributed by atoms with Gasteiger partial charge in [0.1, 0.15) is 0 Å². The minimum absolute atomic E-state index is 0.0126. The standard InChI is InChI=1S/C16H23BrN2O2/c1-12(2)15(19-7-9-21-10-8-19)11-18-16(20)13-3-5-14(17)6-4-13/h3-6,12,15H,7-11H2,1-2H3,(H,18,20). The molecule has 1 aromatic rings. The van der Waals surface area contributed by atoms with Gasteiger partial charge in [-0.2, -0.15) is 0 Å². The van der Waals surface area contributed by atoms with E-state index in [-0.39, 0.29) is 5.91 Å². The number of amides is 1. The first-order valence-corrected chi connectivity index (χ1v) is 8.23. The summed E-state index contributed by atoms with van der Waals surface area (Å²) in [4.78, 5) is 14.6. The average Bonchev–Trinajstić information content (AvgIpc) is 2.48. The molecule has 0 spiro atoms. The van der Waals surface area contributed by atoms with Gasteiger partial charge in [-0.25, -0.2) is 0 Å². The molecule has 1 amide bonds. The van der Waals surface area contributed by atoms with Crippen LogP contribution in [0.15, 0.2) is 28.7 Å². The predicted octanol–water partition coefficient (Wildman–Crippen LogP) is 2.54. The fraction of sp³-hybridized carbons (Fsp3) is 0.562. The second kappa shape index (κ2) is 7.92. The van der Waals surface area contributed by atoms with E-state index in [2.05, 4.69) is 40.0 Å². The molecule has 21 heavy (non-hydrogen) atoms. The summed E-state index contributed by atoms with van der Waals surface area (Å²) in [5.41, 5.74) is 0.697. The molecule has 0 aromatic heterocycles. The molecule has 1 atom stereocenters. The highest BCUT2D eigenvalue weighted by molar-refractivity contribution is 9.10. The number of carbonyl (C=O) groups excluding carboxylic acids is 1. The van der Waals surface area contributed by atoms with E-state index in [1.54, 1.807) is 0 Å². The number of carbonyl (C=O) groups is 1. The molecule has 1 aliphatic rings. The van der Waals surface area contributed by atoms with Crippen molar-refractivity contribution in [2.45, 2.75) is 19.9 Å². The summed E-state index contributed by atoms with van der Waals surface area (Å²) >= 11 is 3.38. The topological polar surface area (TPSA) is 41.6 Å². The Labute approximate surface area is 135 Å². The molecule has 1 aromatic carbocycles. The number of hydrogen-bond donors (Lipinski definition) is 1. The van der Waals surface area contributed by atoms with E-state index in [0.717, 1.165) is 30.8 Å². The Balaban J connectivity index is 1.91. The molecule has 1 saturated heterocycles. The van der Waals surface area contributed by atoms with Crippen LogP contribution in [0.5, 0.6) is 0 Å². The smallest absolute Gasteiger partial charge is 0.251 e. The lowest BCUT2D eigenvalue weighted by atomic mass is 10.0. The van der Waals surface area contributed by atoms with E-state index in [1.807, 2.05) is 24.3 Å². The third kappa shape index (κ3) is 4.80. The molecular formula is C16H23BrN2O2. The van der Waals surface area contributed by atoms with Crippen molar-refractivity contribution in [3.8, 4) is 0 Å². The number of ether oxygens (including phenoxy) is 1. The summed E-state index contributed by atoms with van der Waals surface area (Å²) in [5, 5.41) is 3.06. The number of benzene rings is 1. The van der Waals surface area contributed by atoms with Crippen LogP contribution >= 0.6 is 15.9 Å². The Kier molecular flexibility index (Phi) is 6.21. The Bertz CT molecular complexity index is 456. The second-order valence-corrected chi connectivity index (χ2v) is 6.59. The summed E-state index contributed by atoms with van der Waals surface area (Å²) < 4.78 is 6.38. The highest BCUT2D eigenvalue weighted by Gasteiger charge is 2.24. The van der Waals surface area contributed by atoms with Crippen LogP contribution in [-0.4, -0.2) is 49.7 Å². The monoisotopic (exact) mass is 354 g/mol. The van der Waals surface area contributed by atoms with Crippen LogP contribution in [-0.2, 0) is 4.74 Å². The SMILES string of the molecule is CC(C)C(CNC(=O)c1ccc(Br)cc1)N1CCOCC1. The molecule has 5 heteroatoms. The van der Waals surface area contributed by atoms with Gasteiger partial charge in [0, 0.05) is 35.7 Å². The molecule has 1 heterocycles. The van der Waals surface area contributed by atoms with Gasteiger partial charge in [0.2, 0.25) is 0 Å². The molecule has 116 valence electrons. The molecule has 0 aliphatic carbocycles. The lowest BCUT2D eigenvalue weighted by Gasteiger charge is -2.36. The molecule has 4 nitrogen and oxygen atoms in total. The molecule has 1 aliphatic heterocycles. The third-order valence-corrected chi connectivity index (χ3v) is 4.39. The van der Waals surface area contributed by atoms with Crippen molar-refractivity contribution in [2.24, 2.45) is 5.92 Å². The first-order valence-electron chi connectivity index (χ1n) is 7.43. The summed E-state index contributed by atoms with van der Waals surface area (Å²) in [7, 11) is 0. The van der Waals surface area contributed by atoms with Crippen molar-refractivity contribution >= 4 is 21.8 Å². The van der Waals surface area contributed by atoms with Gasteiger partial charge in [-0.1, -0.05) is 29.8 Å². The molecule has 0 saturated carbocycles. The number of nitrogens with zero attached hydrogens (tertiary/aromatic N) is 1. The van der Waals surface area contributed by atoms with E-state index < -0.39 is 0 Å². The largest absolute Gasteiger partial charge is 0.379 e. The van der Waals surface area contributed by atoms with Gasteiger partial charge in [0.15, 0.2) is 0 Å². The van der Waals surface area contributed by atoms with Crippen LogP contribution in [0.25, 0.3) is 0 Å². The maximum atomic E-state index is 12.2. The van der Waals surface area contributed by atoms with Gasteiger partial charge in [-0.3, -0.25) is 9.69 Å². The normalized spacial score (nSPS) is 17.7. The highest BCUT2D eigenvalue weighted by atomic mass is 79.9. The highest BCUT2D eigenvalue weighted by Crippen LogP contribution is 2.13. The summed E-state index contributed by atoms with van der Waals surface area (Å²) in [6, 6.07) is 7.79. The van der Waals surface area contributed by atoms with Crippen LogP contribution in [0, 0.1) is 5.92 Å². The minimum Gasteiger partial charge on any atom is -0.379 e. The Hall–Kier alpha value is -0.910. The van der Waals surface area contributed by atoms with E-state index in [9.17, 15) is 4.79 Å². The minimum atomic E-state index is -0.0126. The molecule has 1 unspecified atom stereocenters. The zero-order valence-electron chi connectivity index (χ0n) is 12.6. The quantitative estimate of drug-likeness (QED) is 0.883. The van der Waals surface area contributed by atoms with Crippen molar-refractivity contribution in [3.05, 3.63) is 34.3 Å². The fourth-order valence-corrected chi connectivity index (χ4v) is 2.86. The van der Waals surface area contributed by atoms with E-state index >= 15 is 0 Å². The molecule has 1 N–H and O–H groups in total. The summed E-state index contributed by atoms with van der Waals surface area (Å²) in [6.45, 7) is 8.52. The summed E-state index contributed by atoms with van der Waals surface area (Å²) in [6.07, 6.45) is 0. The molecule has 2 rings (SSSR count). The molecule has 1 fully saturated rings. The van der Waals surface area contributed by atoms with Crippen molar-refractivity contribution in [1.29, 1.82) is 0 Å². The van der Waals surface area contributed by atoms with Gasteiger partial charge in [0.25, 0.3) is 5.91 Å². The van der Waals surface area contributed by atoms with Gasteiger partial charge in [0.05, 0.1) is 13.2 Å². The number of rotatable bonds is 5. The molecular weight excluding hydrogens is 332 g/mol. The van der Waals surface area contributed by atoms with Crippen molar-refractivity contribution < 1.29 is 9.53 Å². The predicted molar refractivity (Wildman–Crippen MR) is 87.5 cm³/mol. The average molecular weight is 355 g/mol. The maximum Gasteiger partial charge on any atom is 0.251 e. The van der Waals surface area contributed by atoms with Gasteiger partial charge in [-0.05, 0) is 30.2 Å². The Morgan fingerprint density at radius 1 is 1.29 bits per heavy atom. The molecule has 0 radical (unpaired) electrons. The van der Waals surface area contributed by atoms with Gasteiger partial charge >= 0.3 is 0 Å².